The Morgan fingerprint density at radius 2 is 1.71 bits per heavy atom. The number of phenols is 1. The Bertz CT molecular complexity index is 881. The molecular formula is C19H18N2O3. The lowest BCUT2D eigenvalue weighted by atomic mass is 10.2. The van der Waals surface area contributed by atoms with Crippen LogP contribution < -0.4 is 4.90 Å². The number of nitrogens with zero attached hydrogens (tertiary/aromatic N) is 2. The lowest BCUT2D eigenvalue weighted by Gasteiger charge is -2.17. The molecule has 5 nitrogen and oxygen atoms in total. The molecule has 0 aliphatic heterocycles. The van der Waals surface area contributed by atoms with E-state index in [1.54, 1.807) is 29.9 Å². The topological polar surface area (TPSA) is 62.5 Å². The predicted molar refractivity (Wildman–Crippen MR) is 93.3 cm³/mol. The Balaban J connectivity index is 1.65. The van der Waals surface area contributed by atoms with Gasteiger partial charge >= 0.3 is 0 Å². The lowest BCUT2D eigenvalue weighted by molar-refractivity contribution is -0.118. The number of fused-ring (bicyclic) bond motifs is 1. The molecule has 2 aromatic carbocycles. The van der Waals surface area contributed by atoms with E-state index in [4.69, 9.17) is 0 Å². The standard InChI is InChI=1S/C19H18N2O3/c1-20(15-6-8-16(22)9-7-15)18(23)10-11-19(24)21-13-12-14-4-2-3-5-17(14)21/h2-9,12-13,22H,10-11H2,1H3. The zero-order valence-electron chi connectivity index (χ0n) is 13.3. The van der Waals surface area contributed by atoms with Crippen LogP contribution in [0.2, 0.25) is 0 Å². The van der Waals surface area contributed by atoms with E-state index < -0.39 is 0 Å². The summed E-state index contributed by atoms with van der Waals surface area (Å²) in [5, 5.41) is 10.3. The number of anilines is 1. The summed E-state index contributed by atoms with van der Waals surface area (Å²) in [5.74, 6) is -0.108. The molecule has 1 heterocycles. The van der Waals surface area contributed by atoms with Crippen LogP contribution in [0.4, 0.5) is 5.69 Å². The Labute approximate surface area is 139 Å². The highest BCUT2D eigenvalue weighted by Crippen LogP contribution is 2.19. The normalized spacial score (nSPS) is 10.7. The molecule has 0 aliphatic rings. The van der Waals surface area contributed by atoms with E-state index in [0.29, 0.717) is 5.69 Å². The minimum atomic E-state index is -0.148. The average Bonchev–Trinajstić information content (AvgIpc) is 3.03. The maximum absolute atomic E-state index is 12.4. The van der Waals surface area contributed by atoms with Gasteiger partial charge in [-0.2, -0.15) is 0 Å². The van der Waals surface area contributed by atoms with Gasteiger partial charge in [-0.05, 0) is 36.4 Å². The monoisotopic (exact) mass is 322 g/mol. The van der Waals surface area contributed by atoms with Crippen molar-refractivity contribution in [3.8, 4) is 5.75 Å². The fourth-order valence-corrected chi connectivity index (χ4v) is 2.62. The number of hydrogen-bond donors (Lipinski definition) is 1. The van der Waals surface area contributed by atoms with E-state index in [0.717, 1.165) is 10.9 Å². The van der Waals surface area contributed by atoms with Crippen LogP contribution >= 0.6 is 0 Å². The maximum Gasteiger partial charge on any atom is 0.231 e. The smallest absolute Gasteiger partial charge is 0.231 e. The zero-order chi connectivity index (χ0) is 17.1. The van der Waals surface area contributed by atoms with Crippen molar-refractivity contribution in [3.05, 3.63) is 60.8 Å². The second-order valence-corrected chi connectivity index (χ2v) is 5.61. The van der Waals surface area contributed by atoms with Gasteiger partial charge in [0.15, 0.2) is 0 Å². The zero-order valence-corrected chi connectivity index (χ0v) is 13.3. The summed E-state index contributed by atoms with van der Waals surface area (Å²) in [6.45, 7) is 0. The van der Waals surface area contributed by atoms with Crippen molar-refractivity contribution >= 4 is 28.4 Å². The van der Waals surface area contributed by atoms with Crippen molar-refractivity contribution in [1.29, 1.82) is 0 Å². The molecule has 24 heavy (non-hydrogen) atoms. The van der Waals surface area contributed by atoms with Crippen LogP contribution in [-0.2, 0) is 4.79 Å². The van der Waals surface area contributed by atoms with E-state index in [9.17, 15) is 14.7 Å². The van der Waals surface area contributed by atoms with E-state index in [1.807, 2.05) is 30.3 Å². The molecule has 1 aromatic heterocycles. The predicted octanol–water partition coefficient (Wildman–Crippen LogP) is 3.43. The third-order valence-corrected chi connectivity index (χ3v) is 4.03. The molecule has 0 bridgehead atoms. The molecule has 1 N–H and O–H groups in total. The van der Waals surface area contributed by atoms with E-state index in [1.165, 1.54) is 17.0 Å². The van der Waals surface area contributed by atoms with Gasteiger partial charge < -0.3 is 10.0 Å². The molecule has 122 valence electrons. The van der Waals surface area contributed by atoms with E-state index in [2.05, 4.69) is 0 Å². The maximum atomic E-state index is 12.4. The molecule has 0 fully saturated rings. The number of carbonyl (C=O) groups is 2. The number of phenolic OH excluding ortho intramolecular Hbond substituents is 1. The summed E-state index contributed by atoms with van der Waals surface area (Å²) in [5.41, 5.74) is 1.53. The summed E-state index contributed by atoms with van der Waals surface area (Å²) in [4.78, 5) is 26.1. The Morgan fingerprint density at radius 1 is 1.00 bits per heavy atom. The molecule has 0 radical (unpaired) electrons. The molecule has 5 heteroatoms. The third-order valence-electron chi connectivity index (χ3n) is 4.03. The van der Waals surface area contributed by atoms with Crippen LogP contribution in [-0.4, -0.2) is 28.5 Å². The van der Waals surface area contributed by atoms with Gasteiger partial charge in [-0.1, -0.05) is 18.2 Å². The summed E-state index contributed by atoms with van der Waals surface area (Å²) in [6.07, 6.45) is 2.00. The van der Waals surface area contributed by atoms with Gasteiger partial charge in [0, 0.05) is 37.2 Å². The van der Waals surface area contributed by atoms with Gasteiger partial charge in [0.2, 0.25) is 11.8 Å². The van der Waals surface area contributed by atoms with Gasteiger partial charge in [-0.15, -0.1) is 0 Å². The molecule has 0 saturated carbocycles. The molecular weight excluding hydrogens is 304 g/mol. The number of benzene rings is 2. The summed E-state index contributed by atoms with van der Waals surface area (Å²) < 4.78 is 1.59. The van der Waals surface area contributed by atoms with Crippen molar-refractivity contribution in [2.45, 2.75) is 12.8 Å². The van der Waals surface area contributed by atoms with Crippen LogP contribution in [0.3, 0.4) is 0 Å². The Hall–Kier alpha value is -3.08. The summed E-state index contributed by atoms with van der Waals surface area (Å²) in [6, 6.07) is 15.9. The van der Waals surface area contributed by atoms with Crippen molar-refractivity contribution in [1.82, 2.24) is 4.57 Å². The van der Waals surface area contributed by atoms with Crippen LogP contribution in [0.15, 0.2) is 60.8 Å². The first-order valence-corrected chi connectivity index (χ1v) is 7.71. The van der Waals surface area contributed by atoms with Gasteiger partial charge in [0.1, 0.15) is 5.75 Å². The molecule has 1 amide bonds. The minimum absolute atomic E-state index is 0.108. The molecule has 3 aromatic rings. The number of aromatic hydroxyl groups is 1. The molecule has 0 saturated heterocycles. The number of carbonyl (C=O) groups excluding carboxylic acids is 2. The van der Waals surface area contributed by atoms with Crippen molar-refractivity contribution in [3.63, 3.8) is 0 Å². The number of hydrogen-bond acceptors (Lipinski definition) is 3. The highest BCUT2D eigenvalue weighted by molar-refractivity contribution is 5.97. The van der Waals surface area contributed by atoms with E-state index >= 15 is 0 Å². The highest BCUT2D eigenvalue weighted by atomic mass is 16.3. The first-order chi connectivity index (χ1) is 11.6. The SMILES string of the molecule is CN(C(=O)CCC(=O)n1ccc2ccccc21)c1ccc(O)cc1. The Kier molecular flexibility index (Phi) is 4.33. The highest BCUT2D eigenvalue weighted by Gasteiger charge is 2.15. The van der Waals surface area contributed by atoms with Crippen LogP contribution in [0.5, 0.6) is 5.75 Å². The average molecular weight is 322 g/mol. The number of aromatic nitrogens is 1. The number of para-hydroxylation sites is 1. The van der Waals surface area contributed by atoms with Gasteiger partial charge in [0.25, 0.3) is 0 Å². The largest absolute Gasteiger partial charge is 0.508 e. The second-order valence-electron chi connectivity index (χ2n) is 5.61. The summed E-state index contributed by atoms with van der Waals surface area (Å²) in [7, 11) is 1.66. The lowest BCUT2D eigenvalue weighted by Crippen LogP contribution is -2.27. The Morgan fingerprint density at radius 3 is 2.46 bits per heavy atom. The van der Waals surface area contributed by atoms with Crippen LogP contribution in [0, 0.1) is 0 Å². The quantitative estimate of drug-likeness (QED) is 0.800. The van der Waals surface area contributed by atoms with Crippen molar-refractivity contribution in [2.75, 3.05) is 11.9 Å². The molecule has 0 aliphatic carbocycles. The van der Waals surface area contributed by atoms with Gasteiger partial charge in [-0.3, -0.25) is 14.2 Å². The molecule has 3 rings (SSSR count). The van der Waals surface area contributed by atoms with Crippen molar-refractivity contribution in [2.24, 2.45) is 0 Å². The van der Waals surface area contributed by atoms with Gasteiger partial charge in [0.05, 0.1) is 5.52 Å². The molecule has 0 atom stereocenters. The summed E-state index contributed by atoms with van der Waals surface area (Å²) >= 11 is 0. The van der Waals surface area contributed by atoms with E-state index in [-0.39, 0.29) is 30.4 Å². The number of amides is 1. The van der Waals surface area contributed by atoms with Crippen LogP contribution in [0.25, 0.3) is 10.9 Å². The van der Waals surface area contributed by atoms with Crippen LogP contribution in [0.1, 0.15) is 17.6 Å². The fourth-order valence-electron chi connectivity index (χ4n) is 2.62. The third kappa shape index (κ3) is 3.15. The first kappa shape index (κ1) is 15.8. The molecule has 0 unspecified atom stereocenters. The number of rotatable bonds is 4. The first-order valence-electron chi connectivity index (χ1n) is 7.71. The molecule has 0 spiro atoms. The fraction of sp³-hybridized carbons (Fsp3) is 0.158. The minimum Gasteiger partial charge on any atom is -0.508 e. The second kappa shape index (κ2) is 6.58. The van der Waals surface area contributed by atoms with Crippen molar-refractivity contribution < 1.29 is 14.7 Å². The van der Waals surface area contributed by atoms with Gasteiger partial charge in [-0.25, -0.2) is 0 Å².